The van der Waals surface area contributed by atoms with Crippen molar-refractivity contribution in [3.63, 3.8) is 0 Å². The number of anilines is 1. The number of piperidine rings is 1. The zero-order chi connectivity index (χ0) is 24.3. The Bertz CT molecular complexity index is 1260. The molecular weight excluding hydrogens is 481 g/mol. The number of sulfonamides is 1. The van der Waals surface area contributed by atoms with E-state index in [9.17, 15) is 22.9 Å². The van der Waals surface area contributed by atoms with Crippen molar-refractivity contribution in [1.82, 2.24) is 4.90 Å². The van der Waals surface area contributed by atoms with Gasteiger partial charge in [0.15, 0.2) is 0 Å². The van der Waals surface area contributed by atoms with Gasteiger partial charge < -0.3 is 0 Å². The summed E-state index contributed by atoms with van der Waals surface area (Å²) in [6, 6.07) is 17.6. The first-order chi connectivity index (χ1) is 16.2. The van der Waals surface area contributed by atoms with E-state index >= 15 is 0 Å². The number of likely N-dealkylation sites (tertiary alicyclic amines) is 1. The number of nitrogens with zero attached hydrogens (tertiary/aromatic N) is 3. The van der Waals surface area contributed by atoms with Gasteiger partial charge in [-0.15, -0.1) is 0 Å². The highest BCUT2D eigenvalue weighted by molar-refractivity contribution is 7.92. The topological polar surface area (TPSA) is 83.8 Å². The van der Waals surface area contributed by atoms with Gasteiger partial charge in [-0.1, -0.05) is 23.7 Å². The molecule has 1 saturated heterocycles. The Morgan fingerprint density at radius 3 is 2.29 bits per heavy atom. The molecule has 0 bridgehead atoms. The average molecular weight is 504 g/mol. The fourth-order valence-corrected chi connectivity index (χ4v) is 6.03. The van der Waals surface area contributed by atoms with Crippen molar-refractivity contribution >= 4 is 33.0 Å². The third kappa shape index (κ3) is 5.38. The maximum atomic E-state index is 13.6. The molecule has 0 unspecified atom stereocenters. The number of rotatable bonds is 7. The monoisotopic (exact) mass is 503 g/mol. The number of halogens is 2. The standard InChI is InChI=1S/C24H23ClFN3O4S/c25-19-4-10-24(11-5-19)34(32,33)28(21-8-6-20(26)7-9-21)22-12-14-27(15-13-22)17-18-2-1-3-23(16-18)29(30)31/h1-11,16,22H,12-15,17H2. The number of benzene rings is 3. The van der Waals surface area contributed by atoms with Gasteiger partial charge in [0.2, 0.25) is 0 Å². The molecule has 1 aliphatic rings. The van der Waals surface area contributed by atoms with Crippen molar-refractivity contribution in [3.05, 3.63) is 99.3 Å². The van der Waals surface area contributed by atoms with E-state index in [0.29, 0.717) is 43.2 Å². The van der Waals surface area contributed by atoms with Gasteiger partial charge in [-0.25, -0.2) is 12.8 Å². The predicted molar refractivity (Wildman–Crippen MR) is 129 cm³/mol. The maximum Gasteiger partial charge on any atom is 0.269 e. The first kappa shape index (κ1) is 24.1. The number of non-ortho nitro benzene ring substituents is 1. The second kappa shape index (κ2) is 10.1. The highest BCUT2D eigenvalue weighted by Crippen LogP contribution is 2.31. The Balaban J connectivity index is 1.55. The normalized spacial score (nSPS) is 15.2. The van der Waals surface area contributed by atoms with Crippen LogP contribution in [0.1, 0.15) is 18.4 Å². The zero-order valence-corrected chi connectivity index (χ0v) is 19.8. The van der Waals surface area contributed by atoms with E-state index in [1.165, 1.54) is 58.9 Å². The summed E-state index contributed by atoms with van der Waals surface area (Å²) in [5.41, 5.74) is 1.27. The molecule has 10 heteroatoms. The minimum absolute atomic E-state index is 0.0453. The van der Waals surface area contributed by atoms with Crippen molar-refractivity contribution in [3.8, 4) is 0 Å². The molecule has 0 amide bonds. The number of hydrogen-bond donors (Lipinski definition) is 0. The summed E-state index contributed by atoms with van der Waals surface area (Å²) in [5, 5.41) is 11.5. The molecule has 0 radical (unpaired) electrons. The highest BCUT2D eigenvalue weighted by atomic mass is 35.5. The SMILES string of the molecule is O=[N+]([O-])c1cccc(CN2CCC(N(c3ccc(F)cc3)S(=O)(=O)c3ccc(Cl)cc3)CC2)c1. The molecule has 4 rings (SSSR count). The molecule has 0 aliphatic carbocycles. The second-order valence-electron chi connectivity index (χ2n) is 8.17. The lowest BCUT2D eigenvalue weighted by Gasteiger charge is -2.39. The molecule has 178 valence electrons. The molecule has 3 aromatic carbocycles. The first-order valence-corrected chi connectivity index (χ1v) is 12.6. The lowest BCUT2D eigenvalue weighted by Crippen LogP contribution is -2.47. The van der Waals surface area contributed by atoms with Gasteiger partial charge in [-0.2, -0.15) is 0 Å². The fourth-order valence-electron chi connectivity index (χ4n) is 4.19. The van der Waals surface area contributed by atoms with E-state index in [-0.39, 0.29) is 16.6 Å². The molecule has 0 saturated carbocycles. The third-order valence-electron chi connectivity index (χ3n) is 5.87. The molecule has 0 aromatic heterocycles. The molecule has 7 nitrogen and oxygen atoms in total. The second-order valence-corrected chi connectivity index (χ2v) is 10.4. The minimum atomic E-state index is -3.92. The van der Waals surface area contributed by atoms with Gasteiger partial charge in [0.25, 0.3) is 15.7 Å². The van der Waals surface area contributed by atoms with Crippen LogP contribution in [0.5, 0.6) is 0 Å². The summed E-state index contributed by atoms with van der Waals surface area (Å²) in [5.74, 6) is -0.445. The number of hydrogen-bond acceptors (Lipinski definition) is 5. The van der Waals surface area contributed by atoms with Crippen LogP contribution < -0.4 is 4.31 Å². The Morgan fingerprint density at radius 2 is 1.68 bits per heavy atom. The Labute approximate surface area is 202 Å². The molecule has 1 aliphatic heterocycles. The third-order valence-corrected chi connectivity index (χ3v) is 8.01. The van der Waals surface area contributed by atoms with Crippen LogP contribution in [0.15, 0.2) is 77.7 Å². The first-order valence-electron chi connectivity index (χ1n) is 10.8. The Morgan fingerprint density at radius 1 is 1.03 bits per heavy atom. The zero-order valence-electron chi connectivity index (χ0n) is 18.2. The molecular formula is C24H23ClFN3O4S. The Hall–Kier alpha value is -3.01. The van der Waals surface area contributed by atoms with Crippen molar-refractivity contribution in [2.24, 2.45) is 0 Å². The summed E-state index contributed by atoms with van der Waals surface area (Å²) in [6.45, 7) is 1.76. The minimum Gasteiger partial charge on any atom is -0.299 e. The quantitative estimate of drug-likeness (QED) is 0.325. The largest absolute Gasteiger partial charge is 0.299 e. The van der Waals surface area contributed by atoms with Gasteiger partial charge in [0, 0.05) is 42.8 Å². The van der Waals surface area contributed by atoms with E-state index < -0.39 is 20.8 Å². The van der Waals surface area contributed by atoms with E-state index in [0.717, 1.165) is 5.56 Å². The summed E-state index contributed by atoms with van der Waals surface area (Å²) < 4.78 is 42.2. The summed E-state index contributed by atoms with van der Waals surface area (Å²) >= 11 is 5.94. The van der Waals surface area contributed by atoms with Gasteiger partial charge >= 0.3 is 0 Å². The fraction of sp³-hybridized carbons (Fsp3) is 0.250. The summed E-state index contributed by atoms with van der Waals surface area (Å²) in [4.78, 5) is 12.9. The average Bonchev–Trinajstić information content (AvgIpc) is 2.82. The van der Waals surface area contributed by atoms with Crippen LogP contribution in [0.3, 0.4) is 0 Å². The van der Waals surface area contributed by atoms with Gasteiger partial charge in [0.1, 0.15) is 5.82 Å². The molecule has 0 atom stereocenters. The molecule has 1 fully saturated rings. The van der Waals surface area contributed by atoms with E-state index in [1.807, 2.05) is 6.07 Å². The lowest BCUT2D eigenvalue weighted by atomic mass is 10.0. The Kier molecular flexibility index (Phi) is 7.16. The predicted octanol–water partition coefficient (Wildman–Crippen LogP) is 5.25. The molecule has 34 heavy (non-hydrogen) atoms. The van der Waals surface area contributed by atoms with Crippen LogP contribution >= 0.6 is 11.6 Å². The van der Waals surface area contributed by atoms with Crippen molar-refractivity contribution in [2.45, 2.75) is 30.3 Å². The van der Waals surface area contributed by atoms with Crippen molar-refractivity contribution < 1.29 is 17.7 Å². The molecule has 1 heterocycles. The van der Waals surface area contributed by atoms with Crippen LogP contribution in [-0.2, 0) is 16.6 Å². The van der Waals surface area contributed by atoms with Gasteiger partial charge in [-0.05, 0) is 66.9 Å². The number of nitro benzene ring substituents is 1. The van der Waals surface area contributed by atoms with E-state index in [1.54, 1.807) is 12.1 Å². The highest BCUT2D eigenvalue weighted by Gasteiger charge is 2.34. The molecule has 3 aromatic rings. The van der Waals surface area contributed by atoms with Crippen LogP contribution in [0.2, 0.25) is 5.02 Å². The van der Waals surface area contributed by atoms with Crippen molar-refractivity contribution in [2.75, 3.05) is 17.4 Å². The summed E-state index contributed by atoms with van der Waals surface area (Å²) in [7, 11) is -3.92. The van der Waals surface area contributed by atoms with Gasteiger partial charge in [0.05, 0.1) is 15.5 Å². The van der Waals surface area contributed by atoms with Crippen LogP contribution in [0.4, 0.5) is 15.8 Å². The number of nitro groups is 1. The summed E-state index contributed by atoms with van der Waals surface area (Å²) in [6.07, 6.45) is 1.11. The van der Waals surface area contributed by atoms with Crippen molar-refractivity contribution in [1.29, 1.82) is 0 Å². The molecule has 0 spiro atoms. The van der Waals surface area contributed by atoms with E-state index in [4.69, 9.17) is 11.6 Å². The van der Waals surface area contributed by atoms with Crippen LogP contribution in [0.25, 0.3) is 0 Å². The maximum absolute atomic E-state index is 13.6. The van der Waals surface area contributed by atoms with Gasteiger partial charge in [-0.3, -0.25) is 19.3 Å². The van der Waals surface area contributed by atoms with E-state index in [2.05, 4.69) is 4.90 Å². The lowest BCUT2D eigenvalue weighted by molar-refractivity contribution is -0.384. The smallest absolute Gasteiger partial charge is 0.269 e. The van der Waals surface area contributed by atoms with Crippen LogP contribution in [0, 0.1) is 15.9 Å². The molecule has 0 N–H and O–H groups in total. The van der Waals surface area contributed by atoms with Crippen LogP contribution in [-0.4, -0.2) is 37.4 Å².